The van der Waals surface area contributed by atoms with Crippen molar-refractivity contribution in [2.45, 2.75) is 18.3 Å². The third-order valence-corrected chi connectivity index (χ3v) is 6.16. The maximum Gasteiger partial charge on any atom is 0.234 e. The van der Waals surface area contributed by atoms with E-state index in [2.05, 4.69) is 38.0 Å². The van der Waals surface area contributed by atoms with Gasteiger partial charge < -0.3 is 19.5 Å². The average molecular weight is 554 g/mol. The van der Waals surface area contributed by atoms with Crippen molar-refractivity contribution < 1.29 is 19.0 Å². The van der Waals surface area contributed by atoms with Gasteiger partial charge in [-0.05, 0) is 24.3 Å². The molecule has 0 aliphatic rings. The van der Waals surface area contributed by atoms with Crippen LogP contribution in [0.4, 0.5) is 5.69 Å². The van der Waals surface area contributed by atoms with Crippen LogP contribution in [-0.2, 0) is 17.9 Å². The Morgan fingerprint density at radius 2 is 1.94 bits per heavy atom. The second kappa shape index (κ2) is 12.0. The molecule has 0 atom stereocenters. The predicted molar refractivity (Wildman–Crippen MR) is 133 cm³/mol. The number of amides is 1. The number of anilines is 1. The monoisotopic (exact) mass is 552 g/mol. The van der Waals surface area contributed by atoms with E-state index in [1.807, 2.05) is 28.8 Å². The molecule has 0 bridgehead atoms. The molecule has 0 aliphatic heterocycles. The Labute approximate surface area is 209 Å². The van der Waals surface area contributed by atoms with Crippen LogP contribution in [-0.4, -0.2) is 40.6 Å². The lowest BCUT2D eigenvalue weighted by molar-refractivity contribution is -0.113. The zero-order valence-corrected chi connectivity index (χ0v) is 21.2. The fourth-order valence-electron chi connectivity index (χ4n) is 2.80. The Morgan fingerprint density at radius 3 is 2.61 bits per heavy atom. The highest BCUT2D eigenvalue weighted by Gasteiger charge is 2.16. The number of nitrogens with zero attached hydrogens (tertiary/aromatic N) is 3. The zero-order chi connectivity index (χ0) is 23.8. The third-order valence-electron chi connectivity index (χ3n) is 4.37. The lowest BCUT2D eigenvalue weighted by atomic mass is 10.2. The third kappa shape index (κ3) is 6.66. The van der Waals surface area contributed by atoms with E-state index < -0.39 is 0 Å². The summed E-state index contributed by atoms with van der Waals surface area (Å²) in [5, 5.41) is 12.2. The Morgan fingerprint density at radius 1 is 1.21 bits per heavy atom. The van der Waals surface area contributed by atoms with E-state index in [0.717, 1.165) is 4.47 Å². The summed E-state index contributed by atoms with van der Waals surface area (Å²) in [6.45, 7) is 4.51. The molecule has 8 nitrogen and oxygen atoms in total. The van der Waals surface area contributed by atoms with Crippen molar-refractivity contribution in [2.75, 3.05) is 25.3 Å². The molecule has 0 aliphatic carbocycles. The standard InChI is InChI=1S/C22H22BrClN4O4S/c1-4-9-28-20(12-32-15-7-5-14(23)6-8-15)26-27-22(28)33-13-21(29)25-17-11-18(30-2)16(24)10-19(17)31-3/h4-8,10-11H,1,9,12-13H2,2-3H3,(H,25,29). The van der Waals surface area contributed by atoms with Crippen LogP contribution in [0.2, 0.25) is 5.02 Å². The van der Waals surface area contributed by atoms with Crippen molar-refractivity contribution >= 4 is 50.9 Å². The molecule has 0 fully saturated rings. The summed E-state index contributed by atoms with van der Waals surface area (Å²) in [5.41, 5.74) is 0.459. The van der Waals surface area contributed by atoms with Gasteiger partial charge in [0.05, 0.1) is 30.7 Å². The fourth-order valence-corrected chi connectivity index (χ4v) is 4.06. The molecule has 0 saturated carbocycles. The van der Waals surface area contributed by atoms with Gasteiger partial charge in [-0.3, -0.25) is 9.36 Å². The van der Waals surface area contributed by atoms with Gasteiger partial charge >= 0.3 is 0 Å². The number of ether oxygens (including phenoxy) is 3. The highest BCUT2D eigenvalue weighted by molar-refractivity contribution is 9.10. The van der Waals surface area contributed by atoms with Crippen LogP contribution in [0.1, 0.15) is 5.82 Å². The highest BCUT2D eigenvalue weighted by atomic mass is 79.9. The molecule has 3 aromatic rings. The Hall–Kier alpha value is -2.69. The summed E-state index contributed by atoms with van der Waals surface area (Å²) < 4.78 is 19.1. The van der Waals surface area contributed by atoms with Gasteiger partial charge in [0.1, 0.15) is 23.9 Å². The molecule has 1 aromatic heterocycles. The number of allylic oxidation sites excluding steroid dienone is 1. The molecule has 11 heteroatoms. The normalized spacial score (nSPS) is 10.5. The van der Waals surface area contributed by atoms with Crippen molar-refractivity contribution in [1.82, 2.24) is 14.8 Å². The second-order valence-corrected chi connectivity index (χ2v) is 8.83. The van der Waals surface area contributed by atoms with Gasteiger partial charge in [0.15, 0.2) is 11.0 Å². The van der Waals surface area contributed by atoms with E-state index in [1.54, 1.807) is 18.2 Å². The maximum atomic E-state index is 12.6. The molecular formula is C22H22BrClN4O4S. The molecule has 3 rings (SSSR count). The Balaban J connectivity index is 1.65. The Kier molecular flexibility index (Phi) is 9.04. The number of hydrogen-bond donors (Lipinski definition) is 1. The smallest absolute Gasteiger partial charge is 0.234 e. The van der Waals surface area contributed by atoms with Crippen molar-refractivity contribution in [3.63, 3.8) is 0 Å². The van der Waals surface area contributed by atoms with Crippen LogP contribution in [0.5, 0.6) is 17.2 Å². The van der Waals surface area contributed by atoms with E-state index in [1.165, 1.54) is 26.0 Å². The van der Waals surface area contributed by atoms with Gasteiger partial charge in [-0.1, -0.05) is 45.4 Å². The van der Waals surface area contributed by atoms with Gasteiger partial charge in [0.25, 0.3) is 0 Å². The van der Waals surface area contributed by atoms with Crippen molar-refractivity contribution in [3.05, 3.63) is 64.4 Å². The van der Waals surface area contributed by atoms with Crippen LogP contribution < -0.4 is 19.5 Å². The van der Waals surface area contributed by atoms with E-state index in [9.17, 15) is 4.79 Å². The fraction of sp³-hybridized carbons (Fsp3) is 0.227. The summed E-state index contributed by atoms with van der Waals surface area (Å²) >= 11 is 10.8. The average Bonchev–Trinajstić information content (AvgIpc) is 3.19. The Bertz CT molecular complexity index is 1120. The maximum absolute atomic E-state index is 12.6. The van der Waals surface area contributed by atoms with Crippen LogP contribution in [0, 0.1) is 0 Å². The molecule has 1 heterocycles. The van der Waals surface area contributed by atoms with Crippen molar-refractivity contribution in [2.24, 2.45) is 0 Å². The lowest BCUT2D eigenvalue weighted by Gasteiger charge is -2.13. The molecule has 0 saturated heterocycles. The molecule has 0 unspecified atom stereocenters. The number of aromatic nitrogens is 3. The number of rotatable bonds is 11. The summed E-state index contributed by atoms with van der Waals surface area (Å²) in [4.78, 5) is 12.6. The second-order valence-electron chi connectivity index (χ2n) is 6.56. The first kappa shape index (κ1) is 24.9. The SMILES string of the molecule is C=CCn1c(COc2ccc(Br)cc2)nnc1SCC(=O)Nc1cc(OC)c(Cl)cc1OC. The first-order chi connectivity index (χ1) is 15.9. The van der Waals surface area contributed by atoms with E-state index >= 15 is 0 Å². The minimum absolute atomic E-state index is 0.108. The van der Waals surface area contributed by atoms with Crippen LogP contribution in [0.15, 0.2) is 58.7 Å². The van der Waals surface area contributed by atoms with Gasteiger partial charge in [0, 0.05) is 23.2 Å². The number of thioether (sulfide) groups is 1. The van der Waals surface area contributed by atoms with Crippen molar-refractivity contribution in [1.29, 1.82) is 0 Å². The van der Waals surface area contributed by atoms with Gasteiger partial charge in [-0.25, -0.2) is 0 Å². The lowest BCUT2D eigenvalue weighted by Crippen LogP contribution is -2.15. The minimum atomic E-state index is -0.247. The molecule has 174 valence electrons. The van der Waals surface area contributed by atoms with Crippen LogP contribution in [0.25, 0.3) is 0 Å². The molecule has 0 radical (unpaired) electrons. The number of nitrogens with one attached hydrogen (secondary N) is 1. The highest BCUT2D eigenvalue weighted by Crippen LogP contribution is 2.36. The summed E-state index contributed by atoms with van der Waals surface area (Å²) in [5.74, 6) is 2.07. The number of carbonyl (C=O) groups is 1. The number of hydrogen-bond acceptors (Lipinski definition) is 7. The number of carbonyl (C=O) groups excluding carboxylic acids is 1. The quantitative estimate of drug-likeness (QED) is 0.258. The molecule has 1 amide bonds. The molecule has 2 aromatic carbocycles. The number of halogens is 2. The topological polar surface area (TPSA) is 87.5 Å². The van der Waals surface area contributed by atoms with Crippen molar-refractivity contribution in [3.8, 4) is 17.2 Å². The van der Waals surface area contributed by atoms with Gasteiger partial charge in [-0.2, -0.15) is 0 Å². The summed E-state index contributed by atoms with van der Waals surface area (Å²) in [7, 11) is 3.00. The van der Waals surface area contributed by atoms with E-state index in [0.29, 0.717) is 45.5 Å². The molecule has 33 heavy (non-hydrogen) atoms. The van der Waals surface area contributed by atoms with Gasteiger partial charge in [-0.15, -0.1) is 16.8 Å². The largest absolute Gasteiger partial charge is 0.495 e. The molecule has 1 N–H and O–H groups in total. The summed E-state index contributed by atoms with van der Waals surface area (Å²) in [6, 6.07) is 10.7. The zero-order valence-electron chi connectivity index (χ0n) is 18.0. The predicted octanol–water partition coefficient (Wildman–Crippen LogP) is 5.21. The molecule has 0 spiro atoms. The first-order valence-corrected chi connectivity index (χ1v) is 11.9. The number of methoxy groups -OCH3 is 2. The molecular weight excluding hydrogens is 532 g/mol. The van der Waals surface area contributed by atoms with Crippen LogP contribution in [0.3, 0.4) is 0 Å². The van der Waals surface area contributed by atoms with E-state index in [-0.39, 0.29) is 18.3 Å². The number of benzene rings is 2. The van der Waals surface area contributed by atoms with E-state index in [4.69, 9.17) is 25.8 Å². The summed E-state index contributed by atoms with van der Waals surface area (Å²) in [6.07, 6.45) is 1.74. The van der Waals surface area contributed by atoms with Gasteiger partial charge in [0.2, 0.25) is 5.91 Å². The first-order valence-electron chi connectivity index (χ1n) is 9.70. The van der Waals surface area contributed by atoms with Crippen LogP contribution >= 0.6 is 39.3 Å². The minimum Gasteiger partial charge on any atom is -0.495 e.